The quantitative estimate of drug-likeness (QED) is 0.412. The molecule has 1 saturated heterocycles. The molecule has 2 atom stereocenters. The number of furan rings is 1. The van der Waals surface area contributed by atoms with Gasteiger partial charge in [-0.1, -0.05) is 41.3 Å². The molecule has 31 heavy (non-hydrogen) atoms. The fraction of sp³-hybridized carbons (Fsp3) is 0.333. The highest BCUT2D eigenvalue weighted by Gasteiger charge is 2.44. The normalized spacial score (nSPS) is 22.0. The van der Waals surface area contributed by atoms with Crippen LogP contribution in [-0.4, -0.2) is 21.0 Å². The molecule has 0 spiro atoms. The number of nitrogens with one attached hydrogen (secondary N) is 1. The number of halogens is 2. The molecule has 0 bridgehead atoms. The maximum absolute atomic E-state index is 14.6. The highest BCUT2D eigenvalue weighted by molar-refractivity contribution is 9.10. The third-order valence-electron chi connectivity index (χ3n) is 6.22. The van der Waals surface area contributed by atoms with Crippen molar-refractivity contribution in [2.75, 3.05) is 0 Å². The van der Waals surface area contributed by atoms with Gasteiger partial charge in [0, 0.05) is 16.7 Å². The molecule has 3 aromatic rings. The number of hydrogen-bond acceptors (Lipinski definition) is 3. The zero-order chi connectivity index (χ0) is 21.4. The van der Waals surface area contributed by atoms with E-state index in [-0.39, 0.29) is 17.9 Å². The Kier molecular flexibility index (Phi) is 5.80. The Morgan fingerprint density at radius 1 is 1.10 bits per heavy atom. The van der Waals surface area contributed by atoms with Crippen molar-refractivity contribution in [3.05, 3.63) is 76.5 Å². The number of thiocarbonyl (C=S) groups is 1. The molecule has 5 rings (SSSR count). The topological polar surface area (TPSA) is 41.3 Å². The Hall–Kier alpha value is -2.25. The highest BCUT2D eigenvalue weighted by Crippen LogP contribution is 2.43. The van der Waals surface area contributed by atoms with Crippen LogP contribution in [0.15, 0.2) is 63.6 Å². The van der Waals surface area contributed by atoms with Crippen LogP contribution in [0.1, 0.15) is 55.6 Å². The van der Waals surface area contributed by atoms with Crippen molar-refractivity contribution in [2.24, 2.45) is 0 Å². The Morgan fingerprint density at radius 3 is 2.68 bits per heavy atom. The minimum Gasteiger partial charge on any atom is -0.459 e. The second-order valence-corrected chi connectivity index (χ2v) is 9.45. The van der Waals surface area contributed by atoms with Gasteiger partial charge < -0.3 is 14.6 Å². The number of rotatable bonds is 4. The number of benzene rings is 1. The van der Waals surface area contributed by atoms with Crippen LogP contribution in [-0.2, 0) is 0 Å². The summed E-state index contributed by atoms with van der Waals surface area (Å²) in [5.41, 5.74) is 1.36. The van der Waals surface area contributed by atoms with Gasteiger partial charge in [-0.05, 0) is 67.5 Å². The Morgan fingerprint density at radius 2 is 1.94 bits per heavy atom. The first-order valence-electron chi connectivity index (χ1n) is 10.7. The fourth-order valence-electron chi connectivity index (χ4n) is 4.77. The first kappa shape index (κ1) is 20.6. The van der Waals surface area contributed by atoms with E-state index in [1.807, 2.05) is 36.4 Å². The number of pyridine rings is 1. The van der Waals surface area contributed by atoms with Crippen LogP contribution in [0.4, 0.5) is 4.39 Å². The maximum Gasteiger partial charge on any atom is 0.170 e. The lowest BCUT2D eigenvalue weighted by atomic mass is 9.92. The molecular formula is C24H23BrFN3OS. The first-order chi connectivity index (χ1) is 15.1. The summed E-state index contributed by atoms with van der Waals surface area (Å²) in [6.45, 7) is 0. The minimum atomic E-state index is -0.319. The fourth-order valence-corrected chi connectivity index (χ4v) is 5.49. The average Bonchev–Trinajstić information content (AvgIpc) is 3.39. The lowest BCUT2D eigenvalue weighted by Gasteiger charge is -2.36. The molecule has 0 amide bonds. The molecule has 1 aliphatic carbocycles. The molecule has 1 aliphatic heterocycles. The van der Waals surface area contributed by atoms with Gasteiger partial charge in [0.1, 0.15) is 23.4 Å². The van der Waals surface area contributed by atoms with Crippen LogP contribution in [0.3, 0.4) is 0 Å². The summed E-state index contributed by atoms with van der Waals surface area (Å²) >= 11 is 9.10. The monoisotopic (exact) mass is 499 g/mol. The second-order valence-electron chi connectivity index (χ2n) is 8.15. The van der Waals surface area contributed by atoms with Crippen molar-refractivity contribution >= 4 is 33.3 Å². The molecule has 2 aliphatic rings. The zero-order valence-corrected chi connectivity index (χ0v) is 19.3. The molecule has 2 fully saturated rings. The van der Waals surface area contributed by atoms with Gasteiger partial charge in [0.15, 0.2) is 5.11 Å². The van der Waals surface area contributed by atoms with E-state index in [1.165, 1.54) is 25.3 Å². The molecule has 4 nitrogen and oxygen atoms in total. The average molecular weight is 500 g/mol. The van der Waals surface area contributed by atoms with Crippen LogP contribution in [0, 0.1) is 5.82 Å². The molecule has 1 aromatic carbocycles. The summed E-state index contributed by atoms with van der Waals surface area (Å²) in [6.07, 6.45) is 7.71. The molecule has 1 saturated carbocycles. The molecule has 0 radical (unpaired) electrons. The van der Waals surface area contributed by atoms with Gasteiger partial charge in [0.2, 0.25) is 0 Å². The van der Waals surface area contributed by atoms with Gasteiger partial charge in [0.05, 0.1) is 17.3 Å². The van der Waals surface area contributed by atoms with E-state index in [1.54, 1.807) is 12.3 Å². The predicted octanol–water partition coefficient (Wildman–Crippen LogP) is 6.55. The molecular weight excluding hydrogens is 477 g/mol. The number of nitrogens with zero attached hydrogens (tertiary/aromatic N) is 2. The molecule has 3 heterocycles. The standard InChI is InChI=1S/C24H23BrFN3OS/c25-15-9-10-17(18(26)14-15)20-11-12-21(30-20)23-22(19-8-4-5-13-27-19)28-24(31)29(23)16-6-2-1-3-7-16/h4-5,8-14,16,22-23H,1-3,6-7H2,(H,28,31)/t22-,23+/m1/s1. The summed E-state index contributed by atoms with van der Waals surface area (Å²) in [4.78, 5) is 6.88. The third kappa shape index (κ3) is 4.01. The minimum absolute atomic E-state index is 0.121. The van der Waals surface area contributed by atoms with E-state index in [2.05, 4.69) is 31.1 Å². The smallest absolute Gasteiger partial charge is 0.170 e. The van der Waals surface area contributed by atoms with Crippen molar-refractivity contribution in [1.82, 2.24) is 15.2 Å². The van der Waals surface area contributed by atoms with Crippen molar-refractivity contribution in [3.8, 4) is 11.3 Å². The summed E-state index contributed by atoms with van der Waals surface area (Å²) in [5, 5.41) is 4.23. The van der Waals surface area contributed by atoms with E-state index < -0.39 is 0 Å². The van der Waals surface area contributed by atoms with Crippen LogP contribution < -0.4 is 5.32 Å². The van der Waals surface area contributed by atoms with Crippen LogP contribution in [0.2, 0.25) is 0 Å². The van der Waals surface area contributed by atoms with E-state index in [9.17, 15) is 4.39 Å². The SMILES string of the molecule is Fc1cc(Br)ccc1-c1ccc([C@H]2[C@@H](c3ccccn3)NC(=S)N2C2CCCCC2)o1. The Balaban J connectivity index is 1.55. The Labute approximate surface area is 195 Å². The lowest BCUT2D eigenvalue weighted by molar-refractivity contribution is 0.179. The van der Waals surface area contributed by atoms with E-state index in [4.69, 9.17) is 16.6 Å². The van der Waals surface area contributed by atoms with Crippen LogP contribution >= 0.6 is 28.1 Å². The van der Waals surface area contributed by atoms with Gasteiger partial charge in [-0.25, -0.2) is 4.39 Å². The molecule has 7 heteroatoms. The number of aromatic nitrogens is 1. The van der Waals surface area contributed by atoms with Gasteiger partial charge in [-0.3, -0.25) is 4.98 Å². The summed E-state index contributed by atoms with van der Waals surface area (Å²) < 4.78 is 21.5. The van der Waals surface area contributed by atoms with Crippen molar-refractivity contribution in [3.63, 3.8) is 0 Å². The first-order valence-corrected chi connectivity index (χ1v) is 11.9. The molecule has 1 N–H and O–H groups in total. The van der Waals surface area contributed by atoms with E-state index >= 15 is 0 Å². The largest absolute Gasteiger partial charge is 0.459 e. The maximum atomic E-state index is 14.6. The van der Waals surface area contributed by atoms with Gasteiger partial charge in [-0.15, -0.1) is 0 Å². The molecule has 2 aromatic heterocycles. The lowest BCUT2D eigenvalue weighted by Crippen LogP contribution is -2.40. The zero-order valence-electron chi connectivity index (χ0n) is 16.9. The van der Waals surface area contributed by atoms with Crippen molar-refractivity contribution in [1.29, 1.82) is 0 Å². The summed E-state index contributed by atoms with van der Waals surface area (Å²) in [7, 11) is 0. The highest BCUT2D eigenvalue weighted by atomic mass is 79.9. The van der Waals surface area contributed by atoms with Crippen molar-refractivity contribution < 1.29 is 8.81 Å². The summed E-state index contributed by atoms with van der Waals surface area (Å²) in [6, 6.07) is 14.8. The summed E-state index contributed by atoms with van der Waals surface area (Å²) in [5.74, 6) is 0.966. The third-order valence-corrected chi connectivity index (χ3v) is 7.04. The van der Waals surface area contributed by atoms with Gasteiger partial charge >= 0.3 is 0 Å². The van der Waals surface area contributed by atoms with Gasteiger partial charge in [0.25, 0.3) is 0 Å². The van der Waals surface area contributed by atoms with Crippen LogP contribution in [0.25, 0.3) is 11.3 Å². The van der Waals surface area contributed by atoms with Gasteiger partial charge in [-0.2, -0.15) is 0 Å². The predicted molar refractivity (Wildman–Crippen MR) is 126 cm³/mol. The Bertz CT molecular complexity index is 1080. The molecule has 160 valence electrons. The van der Waals surface area contributed by atoms with E-state index in [0.29, 0.717) is 21.8 Å². The number of hydrogen-bond donors (Lipinski definition) is 1. The molecule has 0 unspecified atom stereocenters. The van der Waals surface area contributed by atoms with Crippen molar-refractivity contribution in [2.45, 2.75) is 50.2 Å². The van der Waals surface area contributed by atoms with Crippen LogP contribution in [0.5, 0.6) is 0 Å². The van der Waals surface area contributed by atoms with E-state index in [0.717, 1.165) is 29.4 Å². The second kappa shape index (κ2) is 8.71.